The van der Waals surface area contributed by atoms with E-state index in [1.54, 1.807) is 6.92 Å². The molecule has 0 radical (unpaired) electrons. The van der Waals surface area contributed by atoms with Crippen LogP contribution in [0.1, 0.15) is 45.4 Å². The zero-order valence-corrected chi connectivity index (χ0v) is 11.0. The Balaban J connectivity index is 2.04. The summed E-state index contributed by atoms with van der Waals surface area (Å²) in [5.41, 5.74) is 0. The molecule has 0 bridgehead atoms. The van der Waals surface area contributed by atoms with Gasteiger partial charge in [-0.1, -0.05) is 6.92 Å². The zero-order valence-electron chi connectivity index (χ0n) is 11.0. The predicted molar refractivity (Wildman–Crippen MR) is 67.3 cm³/mol. The maximum atomic E-state index is 11.5. The Morgan fingerprint density at radius 1 is 1.44 bits per heavy atom. The van der Waals surface area contributed by atoms with Crippen molar-refractivity contribution in [3.63, 3.8) is 0 Å². The third-order valence-corrected chi connectivity index (χ3v) is 3.29. The lowest BCUT2D eigenvalue weighted by molar-refractivity contribution is -0.141. The van der Waals surface area contributed by atoms with E-state index in [9.17, 15) is 9.59 Å². The van der Waals surface area contributed by atoms with Crippen LogP contribution in [0.4, 0.5) is 0 Å². The van der Waals surface area contributed by atoms with Crippen LogP contribution in [-0.2, 0) is 14.3 Å². The Morgan fingerprint density at radius 3 is 2.83 bits per heavy atom. The smallest absolute Gasteiger partial charge is 0.306 e. The molecule has 1 aliphatic heterocycles. The van der Waals surface area contributed by atoms with Crippen LogP contribution in [0.5, 0.6) is 0 Å². The molecular weight excluding hydrogens is 234 g/mol. The average Bonchev–Trinajstić information content (AvgIpc) is 2.37. The summed E-state index contributed by atoms with van der Waals surface area (Å²) in [4.78, 5) is 22.1. The number of carboxylic acids is 1. The first-order chi connectivity index (χ1) is 8.59. The maximum absolute atomic E-state index is 11.5. The highest BCUT2D eigenvalue weighted by Gasteiger charge is 2.15. The normalized spacial score (nSPS) is 21.3. The Bertz CT molecular complexity index is 274. The largest absolute Gasteiger partial charge is 0.481 e. The van der Waals surface area contributed by atoms with Crippen LogP contribution in [0.25, 0.3) is 0 Å². The number of carbonyl (C=O) groups excluding carboxylic acids is 1. The fourth-order valence-electron chi connectivity index (χ4n) is 1.97. The summed E-state index contributed by atoms with van der Waals surface area (Å²) >= 11 is 0. The van der Waals surface area contributed by atoms with Crippen LogP contribution in [0.15, 0.2) is 0 Å². The van der Waals surface area contributed by atoms with Crippen LogP contribution >= 0.6 is 0 Å². The molecule has 18 heavy (non-hydrogen) atoms. The fourth-order valence-corrected chi connectivity index (χ4v) is 1.97. The van der Waals surface area contributed by atoms with Crippen LogP contribution in [0, 0.1) is 5.92 Å². The van der Waals surface area contributed by atoms with Crippen LogP contribution in [0.2, 0.25) is 0 Å². The molecule has 1 rings (SSSR count). The highest BCUT2D eigenvalue weighted by Crippen LogP contribution is 2.16. The molecular formula is C13H23NO4. The van der Waals surface area contributed by atoms with Gasteiger partial charge in [-0.2, -0.15) is 0 Å². The molecule has 1 aliphatic rings. The molecule has 1 saturated heterocycles. The van der Waals surface area contributed by atoms with Gasteiger partial charge < -0.3 is 15.2 Å². The summed E-state index contributed by atoms with van der Waals surface area (Å²) in [5, 5.41) is 11.4. The average molecular weight is 257 g/mol. The van der Waals surface area contributed by atoms with E-state index in [2.05, 4.69) is 5.32 Å². The van der Waals surface area contributed by atoms with Crippen molar-refractivity contribution in [1.82, 2.24) is 5.32 Å². The monoisotopic (exact) mass is 257 g/mol. The van der Waals surface area contributed by atoms with E-state index in [1.807, 2.05) is 0 Å². The van der Waals surface area contributed by atoms with E-state index < -0.39 is 11.9 Å². The molecule has 0 aromatic carbocycles. The number of rotatable bonds is 7. The SMILES string of the molecule is CC(CCNC(=O)CCC1CCCCO1)C(=O)O. The highest BCUT2D eigenvalue weighted by molar-refractivity contribution is 5.76. The summed E-state index contributed by atoms with van der Waals surface area (Å²) in [7, 11) is 0. The van der Waals surface area contributed by atoms with E-state index in [-0.39, 0.29) is 12.0 Å². The molecule has 0 aliphatic carbocycles. The van der Waals surface area contributed by atoms with Gasteiger partial charge >= 0.3 is 5.97 Å². The molecule has 104 valence electrons. The Hall–Kier alpha value is -1.10. The lowest BCUT2D eigenvalue weighted by Crippen LogP contribution is -2.28. The Labute approximate surface area is 108 Å². The summed E-state index contributed by atoms with van der Waals surface area (Å²) in [5.74, 6) is -1.24. The second kappa shape index (κ2) is 8.08. The van der Waals surface area contributed by atoms with E-state index in [0.29, 0.717) is 19.4 Å². The van der Waals surface area contributed by atoms with E-state index in [0.717, 1.165) is 25.9 Å². The van der Waals surface area contributed by atoms with Gasteiger partial charge in [-0.15, -0.1) is 0 Å². The molecule has 0 saturated carbocycles. The van der Waals surface area contributed by atoms with Gasteiger partial charge in [0.15, 0.2) is 0 Å². The van der Waals surface area contributed by atoms with Crippen LogP contribution in [0.3, 0.4) is 0 Å². The fraction of sp³-hybridized carbons (Fsp3) is 0.846. The van der Waals surface area contributed by atoms with Gasteiger partial charge in [-0.25, -0.2) is 0 Å². The van der Waals surface area contributed by atoms with Crippen molar-refractivity contribution >= 4 is 11.9 Å². The highest BCUT2D eigenvalue weighted by atomic mass is 16.5. The van der Waals surface area contributed by atoms with Gasteiger partial charge in [0.25, 0.3) is 0 Å². The number of nitrogens with one attached hydrogen (secondary N) is 1. The van der Waals surface area contributed by atoms with Gasteiger partial charge in [-0.3, -0.25) is 9.59 Å². The minimum atomic E-state index is -0.820. The van der Waals surface area contributed by atoms with E-state index in [1.165, 1.54) is 6.42 Å². The molecule has 1 fully saturated rings. The molecule has 2 unspecified atom stereocenters. The second-order valence-electron chi connectivity index (χ2n) is 4.91. The number of carbonyl (C=O) groups is 2. The van der Waals surface area contributed by atoms with Crippen molar-refractivity contribution in [2.75, 3.05) is 13.2 Å². The number of hydrogen-bond donors (Lipinski definition) is 2. The third kappa shape index (κ3) is 6.00. The lowest BCUT2D eigenvalue weighted by atomic mass is 10.0. The zero-order chi connectivity index (χ0) is 13.4. The Morgan fingerprint density at radius 2 is 2.22 bits per heavy atom. The molecule has 5 nitrogen and oxygen atoms in total. The van der Waals surface area contributed by atoms with Crippen molar-refractivity contribution in [2.24, 2.45) is 5.92 Å². The van der Waals surface area contributed by atoms with Gasteiger partial charge in [0.2, 0.25) is 5.91 Å². The summed E-state index contributed by atoms with van der Waals surface area (Å²) in [6.45, 7) is 2.88. The van der Waals surface area contributed by atoms with E-state index in [4.69, 9.17) is 9.84 Å². The molecule has 0 aromatic heterocycles. The first-order valence-electron chi connectivity index (χ1n) is 6.70. The van der Waals surface area contributed by atoms with Crippen molar-refractivity contribution in [3.8, 4) is 0 Å². The maximum Gasteiger partial charge on any atom is 0.306 e. The Kier molecular flexibility index (Phi) is 6.72. The molecule has 2 atom stereocenters. The molecule has 0 aromatic rings. The molecule has 1 amide bonds. The number of ether oxygens (including phenoxy) is 1. The van der Waals surface area contributed by atoms with Crippen LogP contribution in [-0.4, -0.2) is 36.2 Å². The predicted octanol–water partition coefficient (Wildman–Crippen LogP) is 1.56. The van der Waals surface area contributed by atoms with Crippen molar-refractivity contribution in [1.29, 1.82) is 0 Å². The number of carboxylic acid groups (broad SMARTS) is 1. The number of aliphatic carboxylic acids is 1. The lowest BCUT2D eigenvalue weighted by Gasteiger charge is -2.22. The van der Waals surface area contributed by atoms with Crippen molar-refractivity contribution in [2.45, 2.75) is 51.6 Å². The minimum absolute atomic E-state index is 0.0123. The molecule has 2 N–H and O–H groups in total. The second-order valence-corrected chi connectivity index (χ2v) is 4.91. The first kappa shape index (κ1) is 15.0. The van der Waals surface area contributed by atoms with Gasteiger partial charge in [0.05, 0.1) is 12.0 Å². The summed E-state index contributed by atoms with van der Waals surface area (Å²) < 4.78 is 5.54. The quantitative estimate of drug-likeness (QED) is 0.725. The molecule has 5 heteroatoms. The standard InChI is InChI=1S/C13H23NO4/c1-10(13(16)17)7-8-14-12(15)6-5-11-4-2-3-9-18-11/h10-11H,2-9H2,1H3,(H,14,15)(H,16,17). The summed E-state index contributed by atoms with van der Waals surface area (Å²) in [6, 6.07) is 0. The van der Waals surface area contributed by atoms with Crippen molar-refractivity contribution < 1.29 is 19.4 Å². The number of hydrogen-bond acceptors (Lipinski definition) is 3. The molecule has 0 spiro atoms. The topological polar surface area (TPSA) is 75.6 Å². The minimum Gasteiger partial charge on any atom is -0.481 e. The van der Waals surface area contributed by atoms with Gasteiger partial charge in [-0.05, 0) is 32.1 Å². The van der Waals surface area contributed by atoms with Gasteiger partial charge in [0, 0.05) is 19.6 Å². The third-order valence-electron chi connectivity index (χ3n) is 3.29. The summed E-state index contributed by atoms with van der Waals surface area (Å²) in [6.07, 6.45) is 5.28. The van der Waals surface area contributed by atoms with Gasteiger partial charge in [0.1, 0.15) is 0 Å². The van der Waals surface area contributed by atoms with Crippen LogP contribution < -0.4 is 5.32 Å². The molecule has 1 heterocycles. The van der Waals surface area contributed by atoms with Crippen molar-refractivity contribution in [3.05, 3.63) is 0 Å². The van der Waals surface area contributed by atoms with E-state index >= 15 is 0 Å². The number of amides is 1. The first-order valence-corrected chi connectivity index (χ1v) is 6.70.